The van der Waals surface area contributed by atoms with Crippen molar-refractivity contribution in [1.29, 1.82) is 0 Å². The number of aromatic nitrogens is 4. The number of fused-ring (bicyclic) bond motifs is 2. The summed E-state index contributed by atoms with van der Waals surface area (Å²) in [6.07, 6.45) is -1.61. The second-order valence-corrected chi connectivity index (χ2v) is 8.10. The number of nitrogens with zero attached hydrogens (tertiary/aromatic N) is 4. The van der Waals surface area contributed by atoms with Crippen LogP contribution in [0.5, 0.6) is 0 Å². The van der Waals surface area contributed by atoms with Gasteiger partial charge in [-0.15, -0.1) is 0 Å². The Bertz CT molecular complexity index is 1160. The van der Waals surface area contributed by atoms with E-state index >= 15 is 0 Å². The Balaban J connectivity index is 0.00000231. The van der Waals surface area contributed by atoms with E-state index in [0.717, 1.165) is 0 Å². The number of phosphoric acid groups is 1. The number of hydrogen-bond donors (Lipinski definition) is 2. The van der Waals surface area contributed by atoms with Crippen LogP contribution in [0, 0.1) is 0 Å². The van der Waals surface area contributed by atoms with E-state index in [1.165, 1.54) is 17.2 Å². The van der Waals surface area contributed by atoms with Crippen LogP contribution in [0.2, 0.25) is 0 Å². The molecule has 5 atom stereocenters. The minimum Gasteiger partial charge on any atom is -0.756 e. The van der Waals surface area contributed by atoms with Gasteiger partial charge in [0.25, 0.3) is 13.7 Å². The molecule has 2 aliphatic rings. The number of benzene rings is 1. The fourth-order valence-corrected chi connectivity index (χ4v) is 4.41. The van der Waals surface area contributed by atoms with Gasteiger partial charge in [-0.2, -0.15) is 0 Å². The third-order valence-corrected chi connectivity index (χ3v) is 5.82. The summed E-state index contributed by atoms with van der Waals surface area (Å²) >= 11 is 0. The van der Waals surface area contributed by atoms with Gasteiger partial charge in [0.2, 0.25) is 0 Å². The molecule has 0 spiro atoms. The van der Waals surface area contributed by atoms with Crippen molar-refractivity contribution in [3.05, 3.63) is 48.5 Å². The first kappa shape index (κ1) is 22.5. The summed E-state index contributed by atoms with van der Waals surface area (Å²) in [4.78, 5) is 36.5. The number of anilines is 1. The number of ether oxygens (including phenoxy) is 1. The van der Waals surface area contributed by atoms with Crippen molar-refractivity contribution in [2.45, 2.75) is 24.5 Å². The molecule has 0 bridgehead atoms. The zero-order chi connectivity index (χ0) is 20.9. The third-order valence-electron chi connectivity index (χ3n) is 4.86. The zero-order valence-electron chi connectivity index (χ0n) is 16.2. The minimum absolute atomic E-state index is 0. The van der Waals surface area contributed by atoms with E-state index in [0.29, 0.717) is 5.56 Å². The SMILES string of the molecule is O=C(Nc1ncnc2c1ncn2[C@@H]1OC2COP(=O)([O-])OC2[C@@H]1O)c1ccccc1.[Na+]. The van der Waals surface area contributed by atoms with Crippen LogP contribution in [0.25, 0.3) is 11.2 Å². The number of hydrogen-bond acceptors (Lipinski definition) is 10. The monoisotopic (exact) mass is 455 g/mol. The van der Waals surface area contributed by atoms with Crippen LogP contribution < -0.4 is 39.8 Å². The molecule has 2 aliphatic heterocycles. The summed E-state index contributed by atoms with van der Waals surface area (Å²) in [5.41, 5.74) is 1.00. The summed E-state index contributed by atoms with van der Waals surface area (Å²) in [5.74, 6) is -0.189. The molecule has 0 radical (unpaired) electrons. The smallest absolute Gasteiger partial charge is 0.756 e. The van der Waals surface area contributed by atoms with Gasteiger partial charge < -0.3 is 29.1 Å². The number of amides is 1. The Kier molecular flexibility index (Phi) is 6.28. The molecule has 2 N–H and O–H groups in total. The van der Waals surface area contributed by atoms with E-state index in [9.17, 15) is 19.4 Å². The molecule has 0 aliphatic carbocycles. The van der Waals surface area contributed by atoms with Gasteiger partial charge in [0, 0.05) is 5.56 Å². The van der Waals surface area contributed by atoms with Crippen LogP contribution in [-0.2, 0) is 18.3 Å². The number of nitrogens with one attached hydrogen (secondary N) is 1. The molecule has 5 rings (SSSR count). The van der Waals surface area contributed by atoms with Crippen LogP contribution in [-0.4, -0.2) is 55.5 Å². The van der Waals surface area contributed by atoms with Crippen molar-refractivity contribution < 1.29 is 62.7 Å². The average molecular weight is 455 g/mol. The van der Waals surface area contributed by atoms with Crippen molar-refractivity contribution in [1.82, 2.24) is 19.5 Å². The Morgan fingerprint density at radius 2 is 2.03 bits per heavy atom. The molecule has 3 aromatic rings. The van der Waals surface area contributed by atoms with Gasteiger partial charge in [-0.1, -0.05) is 18.2 Å². The first-order chi connectivity index (χ1) is 14.4. The van der Waals surface area contributed by atoms with Gasteiger partial charge in [0.15, 0.2) is 23.2 Å². The van der Waals surface area contributed by atoms with Crippen molar-refractivity contribution in [2.75, 3.05) is 11.9 Å². The quantitative estimate of drug-likeness (QED) is 0.312. The van der Waals surface area contributed by atoms with Gasteiger partial charge in [0.1, 0.15) is 24.6 Å². The molecule has 1 amide bonds. The fourth-order valence-electron chi connectivity index (χ4n) is 3.46. The van der Waals surface area contributed by atoms with Crippen LogP contribution in [0.4, 0.5) is 5.82 Å². The van der Waals surface area contributed by atoms with Crippen LogP contribution >= 0.6 is 7.82 Å². The van der Waals surface area contributed by atoms with Gasteiger partial charge in [-0.3, -0.25) is 13.9 Å². The van der Waals surface area contributed by atoms with E-state index in [1.807, 2.05) is 0 Å². The summed E-state index contributed by atoms with van der Waals surface area (Å²) in [6, 6.07) is 8.60. The predicted octanol–water partition coefficient (Wildman–Crippen LogP) is -2.78. The standard InChI is InChI=1S/C17H16N5O7P.Na/c23-12-13-10(6-27-30(25,26)29-13)28-17(12)22-8-20-11-14(18-7-19-15(11)22)21-16(24)9-4-2-1-3-5-9;/h1-5,7-8,10,12-13,17,23H,6H2,(H,25,26)(H,18,19,21,24);/q;+1/p-1/t10?,12-,13?,17+;/m0./s1. The number of phosphoric ester groups is 1. The molecule has 2 fully saturated rings. The second kappa shape index (κ2) is 8.66. The van der Waals surface area contributed by atoms with E-state index in [4.69, 9.17) is 9.26 Å². The first-order valence-corrected chi connectivity index (χ1v) is 10.4. The van der Waals surface area contributed by atoms with E-state index in [-0.39, 0.29) is 59.1 Å². The molecule has 31 heavy (non-hydrogen) atoms. The average Bonchev–Trinajstić information content (AvgIpc) is 3.30. The minimum atomic E-state index is -4.49. The summed E-state index contributed by atoms with van der Waals surface area (Å²) in [7, 11) is -4.49. The van der Waals surface area contributed by atoms with E-state index < -0.39 is 32.4 Å². The number of aliphatic hydroxyl groups excluding tert-OH is 1. The van der Waals surface area contributed by atoms with Crippen LogP contribution in [0.1, 0.15) is 16.6 Å². The second-order valence-electron chi connectivity index (χ2n) is 6.74. The van der Waals surface area contributed by atoms with E-state index in [1.54, 1.807) is 30.3 Å². The Hall–Kier alpha value is -1.73. The van der Waals surface area contributed by atoms with E-state index in [2.05, 4.69) is 24.8 Å². The van der Waals surface area contributed by atoms with Crippen molar-refractivity contribution in [3.63, 3.8) is 0 Å². The topological polar surface area (TPSA) is 161 Å². The number of imidazole rings is 1. The summed E-state index contributed by atoms with van der Waals surface area (Å²) in [6.45, 7) is -0.265. The molecule has 12 nitrogen and oxygen atoms in total. The Morgan fingerprint density at radius 3 is 2.81 bits per heavy atom. The van der Waals surface area contributed by atoms with Crippen LogP contribution in [0.3, 0.4) is 0 Å². The van der Waals surface area contributed by atoms with Crippen molar-refractivity contribution >= 4 is 30.7 Å². The van der Waals surface area contributed by atoms with Gasteiger partial charge >= 0.3 is 29.6 Å². The Morgan fingerprint density at radius 1 is 1.26 bits per heavy atom. The number of rotatable bonds is 3. The third kappa shape index (κ3) is 4.19. The molecule has 3 unspecified atom stereocenters. The molecule has 4 heterocycles. The normalized spacial score (nSPS) is 29.9. The maximum atomic E-state index is 12.4. The molecular formula is C17H15N5NaO7P. The van der Waals surface area contributed by atoms with Crippen molar-refractivity contribution in [3.8, 4) is 0 Å². The molecular weight excluding hydrogens is 440 g/mol. The Labute approximate surface area is 197 Å². The van der Waals surface area contributed by atoms with Gasteiger partial charge in [-0.05, 0) is 12.1 Å². The van der Waals surface area contributed by atoms with Gasteiger partial charge in [0.05, 0.1) is 12.9 Å². The van der Waals surface area contributed by atoms with Crippen molar-refractivity contribution in [2.24, 2.45) is 0 Å². The molecule has 0 saturated carbocycles. The van der Waals surface area contributed by atoms with Crippen LogP contribution in [0.15, 0.2) is 43.0 Å². The summed E-state index contributed by atoms with van der Waals surface area (Å²) in [5, 5.41) is 13.3. The number of carbonyl (C=O) groups excluding carboxylic acids is 1. The first-order valence-electron chi connectivity index (χ1n) is 8.94. The molecule has 14 heteroatoms. The number of carbonyl (C=O) groups is 1. The largest absolute Gasteiger partial charge is 1.00 e. The predicted molar refractivity (Wildman–Crippen MR) is 98.1 cm³/mol. The molecule has 2 aromatic heterocycles. The molecule has 1 aromatic carbocycles. The maximum Gasteiger partial charge on any atom is 1.00 e. The maximum absolute atomic E-state index is 12.4. The summed E-state index contributed by atoms with van der Waals surface area (Å²) < 4.78 is 28.2. The molecule has 2 saturated heterocycles. The van der Waals surface area contributed by atoms with Gasteiger partial charge in [-0.25, -0.2) is 15.0 Å². The number of aliphatic hydroxyl groups is 1. The fraction of sp³-hybridized carbons (Fsp3) is 0.294. The molecule has 156 valence electrons. The zero-order valence-corrected chi connectivity index (χ0v) is 19.1.